The monoisotopic (exact) mass is 771 g/mol. The minimum Gasteiger partial charge on any atom is -0.481 e. The van der Waals surface area contributed by atoms with Gasteiger partial charge in [0.25, 0.3) is 0 Å². The average Bonchev–Trinajstić information content (AvgIpc) is 3.40. The van der Waals surface area contributed by atoms with Crippen LogP contribution in [0.3, 0.4) is 0 Å². The quantitative estimate of drug-likeness (QED) is 0.122. The highest BCUT2D eigenvalue weighted by Crippen LogP contribution is 2.71. The van der Waals surface area contributed by atoms with Gasteiger partial charge in [-0.05, 0) is 139 Å². The minimum absolute atomic E-state index is 0.0225. The van der Waals surface area contributed by atoms with Crippen LogP contribution in [-0.4, -0.2) is 46.4 Å². The Hall–Kier alpha value is -1.04. The van der Waals surface area contributed by atoms with E-state index in [-0.39, 0.29) is 45.6 Å². The molecule has 1 aromatic carbocycles. The van der Waals surface area contributed by atoms with Gasteiger partial charge in [0.05, 0.1) is 6.61 Å². The molecule has 1 aromatic rings. The molecule has 0 amide bonds. The van der Waals surface area contributed by atoms with Crippen LogP contribution in [0.1, 0.15) is 139 Å². The largest absolute Gasteiger partial charge is 0.481 e. The Morgan fingerprint density at radius 3 is 1.94 bits per heavy atom. The first-order valence-electron chi connectivity index (χ1n) is 21.1. The summed E-state index contributed by atoms with van der Waals surface area (Å²) in [5.74, 6) is 1.60. The van der Waals surface area contributed by atoms with Gasteiger partial charge in [-0.25, -0.2) is 0 Å². The number of hydrogen-bond acceptors (Lipinski definition) is 5. The van der Waals surface area contributed by atoms with Crippen LogP contribution in [0.25, 0.3) is 0 Å². The van der Waals surface area contributed by atoms with E-state index in [1.807, 2.05) is 6.07 Å². The van der Waals surface area contributed by atoms with Gasteiger partial charge in [0.2, 0.25) is 0 Å². The molecule has 0 aromatic heterocycles. The second kappa shape index (κ2) is 15.0. The summed E-state index contributed by atoms with van der Waals surface area (Å²) in [4.78, 5) is 11.6. The summed E-state index contributed by atoms with van der Waals surface area (Å²) in [7, 11) is -4.62. The van der Waals surface area contributed by atoms with E-state index in [1.165, 1.54) is 38.5 Å². The highest BCUT2D eigenvalue weighted by atomic mass is 28.4. The Balaban J connectivity index is 1.49. The van der Waals surface area contributed by atoms with Crippen molar-refractivity contribution in [1.29, 1.82) is 0 Å². The molecule has 302 valence electrons. The molecule has 0 radical (unpaired) electrons. The minimum atomic E-state index is -2.31. The lowest BCUT2D eigenvalue weighted by Gasteiger charge is -2.65. The van der Waals surface area contributed by atoms with Gasteiger partial charge in [0.1, 0.15) is 12.9 Å². The van der Waals surface area contributed by atoms with Crippen molar-refractivity contribution in [1.82, 2.24) is 0 Å². The molecule has 4 fully saturated rings. The molecule has 0 saturated heterocycles. The second-order valence-electron chi connectivity index (χ2n) is 22.3. The normalized spacial score (nSPS) is 33.5. The molecule has 4 saturated carbocycles. The highest BCUT2D eigenvalue weighted by Gasteiger charge is 2.67. The van der Waals surface area contributed by atoms with Gasteiger partial charge in [-0.2, -0.15) is 0 Å². The molecule has 0 heterocycles. The summed E-state index contributed by atoms with van der Waals surface area (Å²) < 4.78 is 28.8. The lowest BCUT2D eigenvalue weighted by molar-refractivity contribution is -0.292. The fourth-order valence-corrected chi connectivity index (χ4v) is 14.5. The van der Waals surface area contributed by atoms with E-state index in [2.05, 4.69) is 120 Å². The third-order valence-electron chi connectivity index (χ3n) is 16.6. The summed E-state index contributed by atoms with van der Waals surface area (Å²) in [6, 6.07) is 10.4. The Bertz CT molecular complexity index is 1380. The third kappa shape index (κ3) is 8.49. The Kier molecular flexibility index (Phi) is 12.2. The van der Waals surface area contributed by atoms with Crippen molar-refractivity contribution in [2.24, 2.45) is 45.8 Å². The fourth-order valence-electron chi connectivity index (χ4n) is 11.6. The molecule has 5 rings (SSSR count). The molecule has 4 unspecified atom stereocenters. The van der Waals surface area contributed by atoms with E-state index < -0.39 is 28.4 Å². The maximum absolute atomic E-state index is 11.6. The van der Waals surface area contributed by atoms with Gasteiger partial charge >= 0.3 is 5.97 Å². The molecule has 1 N–H and O–H groups in total. The van der Waals surface area contributed by atoms with Gasteiger partial charge in [-0.1, -0.05) is 99.6 Å². The van der Waals surface area contributed by atoms with Crippen molar-refractivity contribution in [3.05, 3.63) is 35.9 Å². The van der Waals surface area contributed by atoms with Gasteiger partial charge in [0, 0.05) is 12.8 Å². The van der Waals surface area contributed by atoms with E-state index in [1.54, 1.807) is 0 Å². The first-order chi connectivity index (χ1) is 24.3. The van der Waals surface area contributed by atoms with E-state index in [4.69, 9.17) is 18.3 Å². The summed E-state index contributed by atoms with van der Waals surface area (Å²) in [5, 5.41) is 9.60. The van der Waals surface area contributed by atoms with Crippen LogP contribution in [0.15, 0.2) is 30.3 Å². The first-order valence-corrected chi connectivity index (χ1v) is 27.0. The lowest BCUT2D eigenvalue weighted by Crippen LogP contribution is -2.68. The first kappa shape index (κ1) is 43.1. The standard InChI is InChI=1S/C45H78O6Si2/c1-40(2,3)52(11,12)50-45(51-53(13,14)41(4,5)6)28-33-20-21-34-35-22-23-37(42(7,8)26-25-39(46)47)43(35,9)27-24-36(34)44(33,10)29-38(45)49-31-48-30-32-18-16-15-17-19-32/h15-19,33-38H,20-31H2,1-14H3,(H,46,47)/t33-,34?,35?,36?,37-,38?,43+,44+/m1/s1. The zero-order valence-electron chi connectivity index (χ0n) is 36.3. The van der Waals surface area contributed by atoms with Gasteiger partial charge in [-0.3, -0.25) is 4.79 Å². The molecule has 8 heteroatoms. The van der Waals surface area contributed by atoms with Crippen molar-refractivity contribution in [3.8, 4) is 0 Å². The second-order valence-corrected chi connectivity index (χ2v) is 31.7. The summed E-state index contributed by atoms with van der Waals surface area (Å²) in [6.07, 6.45) is 10.1. The highest BCUT2D eigenvalue weighted by molar-refractivity contribution is 6.75. The summed E-state index contributed by atoms with van der Waals surface area (Å²) >= 11 is 0. The molecule has 8 atom stereocenters. The van der Waals surface area contributed by atoms with E-state index in [0.29, 0.717) is 36.2 Å². The number of aliphatic carboxylic acids is 1. The van der Waals surface area contributed by atoms with Crippen molar-refractivity contribution in [3.63, 3.8) is 0 Å². The molecular weight excluding hydrogens is 693 g/mol. The SMILES string of the molecule is CC(C)(CCC(=O)O)[C@H]1CCC2C3CC[C@@H]4CC(O[Si](C)(C)C(C)(C)C)(O[Si](C)(C)C(C)(C)C)C(OCOCc5ccccc5)C[C@]4(C)C3CC[C@@]21C. The Morgan fingerprint density at radius 1 is 0.792 bits per heavy atom. The Labute approximate surface area is 326 Å². The molecule has 4 aliphatic carbocycles. The van der Waals surface area contributed by atoms with Gasteiger partial charge in [0.15, 0.2) is 22.4 Å². The Morgan fingerprint density at radius 2 is 1.38 bits per heavy atom. The number of carboxylic acid groups (broad SMARTS) is 1. The molecule has 0 aliphatic heterocycles. The molecular formula is C45H78O6Si2. The van der Waals surface area contributed by atoms with Crippen LogP contribution in [0.2, 0.25) is 36.3 Å². The summed E-state index contributed by atoms with van der Waals surface area (Å²) in [6.45, 7) is 34.2. The van der Waals surface area contributed by atoms with Crippen molar-refractivity contribution in [2.75, 3.05) is 6.79 Å². The zero-order valence-corrected chi connectivity index (χ0v) is 38.3. The fraction of sp³-hybridized carbons (Fsp3) is 0.844. The van der Waals surface area contributed by atoms with Crippen LogP contribution < -0.4 is 0 Å². The predicted molar refractivity (Wildman–Crippen MR) is 222 cm³/mol. The summed E-state index contributed by atoms with van der Waals surface area (Å²) in [5.41, 5.74) is 1.56. The van der Waals surface area contributed by atoms with Crippen LogP contribution in [0.4, 0.5) is 0 Å². The van der Waals surface area contributed by atoms with Gasteiger partial charge in [-0.15, -0.1) is 0 Å². The number of carboxylic acids is 1. The number of hydrogen-bond donors (Lipinski definition) is 1. The molecule has 6 nitrogen and oxygen atoms in total. The number of carbonyl (C=O) groups is 1. The van der Waals surface area contributed by atoms with Crippen LogP contribution in [-0.2, 0) is 29.7 Å². The van der Waals surface area contributed by atoms with E-state index in [9.17, 15) is 9.90 Å². The van der Waals surface area contributed by atoms with E-state index >= 15 is 0 Å². The number of fused-ring (bicyclic) bond motifs is 5. The topological polar surface area (TPSA) is 74.2 Å². The van der Waals surface area contributed by atoms with E-state index in [0.717, 1.165) is 24.8 Å². The number of benzene rings is 1. The van der Waals surface area contributed by atoms with Crippen LogP contribution in [0, 0.1) is 45.8 Å². The number of ether oxygens (including phenoxy) is 2. The zero-order chi connectivity index (χ0) is 39.5. The third-order valence-corrected chi connectivity index (χ3v) is 25.5. The lowest BCUT2D eigenvalue weighted by atomic mass is 9.43. The van der Waals surface area contributed by atoms with Crippen LogP contribution in [0.5, 0.6) is 0 Å². The maximum atomic E-state index is 11.6. The van der Waals surface area contributed by atoms with Crippen LogP contribution >= 0.6 is 0 Å². The molecule has 0 bridgehead atoms. The van der Waals surface area contributed by atoms with Crippen molar-refractivity contribution >= 4 is 22.6 Å². The number of rotatable bonds is 13. The molecule has 4 aliphatic rings. The average molecular weight is 771 g/mol. The van der Waals surface area contributed by atoms with Crippen molar-refractivity contribution in [2.45, 2.75) is 188 Å². The van der Waals surface area contributed by atoms with Crippen molar-refractivity contribution < 1.29 is 28.2 Å². The smallest absolute Gasteiger partial charge is 0.303 e. The predicted octanol–water partition coefficient (Wildman–Crippen LogP) is 12.4. The van der Waals surface area contributed by atoms with Gasteiger partial charge < -0.3 is 23.4 Å². The molecule has 53 heavy (non-hydrogen) atoms. The maximum Gasteiger partial charge on any atom is 0.303 e. The molecule has 0 spiro atoms.